The molecule has 1 aliphatic heterocycles. The predicted octanol–water partition coefficient (Wildman–Crippen LogP) is 2.34. The molecule has 2 atom stereocenters. The van der Waals surface area contributed by atoms with Crippen LogP contribution in [0.4, 0.5) is 4.79 Å². The molecule has 18 heavy (non-hydrogen) atoms. The van der Waals surface area contributed by atoms with Crippen LogP contribution in [-0.4, -0.2) is 25.3 Å². The van der Waals surface area contributed by atoms with Crippen molar-refractivity contribution in [2.24, 2.45) is 5.92 Å². The Kier molecular flexibility index (Phi) is 4.59. The molecule has 1 aromatic carbocycles. The highest BCUT2D eigenvalue weighted by Gasteiger charge is 2.23. The summed E-state index contributed by atoms with van der Waals surface area (Å²) in [5.74, 6) is 0.336. The highest BCUT2D eigenvalue weighted by Crippen LogP contribution is 2.14. The summed E-state index contributed by atoms with van der Waals surface area (Å²) in [6.45, 7) is 3.78. The second-order valence-corrected chi connectivity index (χ2v) is 4.65. The van der Waals surface area contributed by atoms with Gasteiger partial charge in [-0.15, -0.1) is 0 Å². The van der Waals surface area contributed by atoms with E-state index in [0.717, 1.165) is 12.0 Å². The quantitative estimate of drug-likeness (QED) is 0.894. The number of carbonyl (C=O) groups excluding carboxylic acids is 1. The van der Waals surface area contributed by atoms with Crippen LogP contribution in [0.25, 0.3) is 0 Å². The van der Waals surface area contributed by atoms with E-state index in [9.17, 15) is 4.79 Å². The smallest absolute Gasteiger partial charge is 0.407 e. The largest absolute Gasteiger partial charge is 0.445 e. The van der Waals surface area contributed by atoms with Crippen LogP contribution in [0.2, 0.25) is 0 Å². The lowest BCUT2D eigenvalue weighted by Gasteiger charge is -2.29. The summed E-state index contributed by atoms with van der Waals surface area (Å²) in [6, 6.07) is 9.82. The summed E-state index contributed by atoms with van der Waals surface area (Å²) in [4.78, 5) is 11.7. The Morgan fingerprint density at radius 3 is 2.94 bits per heavy atom. The molecule has 0 aromatic heterocycles. The minimum atomic E-state index is -0.349. The Morgan fingerprint density at radius 1 is 1.44 bits per heavy atom. The summed E-state index contributed by atoms with van der Waals surface area (Å²) in [5.41, 5.74) is 0.993. The highest BCUT2D eigenvalue weighted by molar-refractivity contribution is 5.67. The van der Waals surface area contributed by atoms with Crippen molar-refractivity contribution in [3.8, 4) is 0 Å². The fraction of sp³-hybridized carbons (Fsp3) is 0.500. The third-order valence-electron chi connectivity index (χ3n) is 3.16. The first kappa shape index (κ1) is 12.9. The van der Waals surface area contributed by atoms with Crippen LogP contribution in [0.5, 0.6) is 0 Å². The summed E-state index contributed by atoms with van der Waals surface area (Å²) < 4.78 is 10.5. The first-order valence-corrected chi connectivity index (χ1v) is 6.30. The number of nitrogens with one attached hydrogen (secondary N) is 1. The van der Waals surface area contributed by atoms with E-state index in [0.29, 0.717) is 25.7 Å². The maximum absolute atomic E-state index is 11.7. The summed E-state index contributed by atoms with van der Waals surface area (Å²) in [6.07, 6.45) is 0.499. The van der Waals surface area contributed by atoms with E-state index in [4.69, 9.17) is 9.47 Å². The standard InChI is InChI=1S/C14H19NO3/c1-11-9-17-8-7-13(11)15-14(16)18-10-12-5-3-2-4-6-12/h2-6,11,13H,7-10H2,1H3,(H,15,16)/t11-,13?/m1/s1. The molecule has 1 fully saturated rings. The Labute approximate surface area is 107 Å². The molecule has 2 rings (SSSR count). The van der Waals surface area contributed by atoms with E-state index < -0.39 is 0 Å². The van der Waals surface area contributed by atoms with Crippen LogP contribution in [0, 0.1) is 5.92 Å². The maximum Gasteiger partial charge on any atom is 0.407 e. The average Bonchev–Trinajstić information content (AvgIpc) is 2.40. The zero-order valence-corrected chi connectivity index (χ0v) is 10.6. The van der Waals surface area contributed by atoms with Gasteiger partial charge in [0.1, 0.15) is 6.61 Å². The van der Waals surface area contributed by atoms with Gasteiger partial charge in [0, 0.05) is 12.6 Å². The number of carbonyl (C=O) groups is 1. The molecule has 1 aliphatic rings. The second kappa shape index (κ2) is 6.40. The Bertz CT molecular complexity index is 380. The average molecular weight is 249 g/mol. The third-order valence-corrected chi connectivity index (χ3v) is 3.16. The monoisotopic (exact) mass is 249 g/mol. The van der Waals surface area contributed by atoms with Crippen LogP contribution in [-0.2, 0) is 16.1 Å². The van der Waals surface area contributed by atoms with Crippen molar-refractivity contribution >= 4 is 6.09 Å². The van der Waals surface area contributed by atoms with E-state index in [-0.39, 0.29) is 12.1 Å². The fourth-order valence-electron chi connectivity index (χ4n) is 2.01. The third kappa shape index (κ3) is 3.74. The molecule has 0 aliphatic carbocycles. The van der Waals surface area contributed by atoms with Gasteiger partial charge in [0.15, 0.2) is 0 Å². The molecule has 1 unspecified atom stereocenters. The van der Waals surface area contributed by atoms with Gasteiger partial charge in [0.25, 0.3) is 0 Å². The van der Waals surface area contributed by atoms with E-state index in [2.05, 4.69) is 12.2 Å². The zero-order valence-electron chi connectivity index (χ0n) is 10.6. The SMILES string of the molecule is C[C@@H]1COCCC1NC(=O)OCc1ccccc1. The Balaban J connectivity index is 1.75. The molecule has 98 valence electrons. The first-order chi connectivity index (χ1) is 8.75. The lowest BCUT2D eigenvalue weighted by Crippen LogP contribution is -2.44. The van der Waals surface area contributed by atoms with Crippen LogP contribution >= 0.6 is 0 Å². The van der Waals surface area contributed by atoms with Gasteiger partial charge in [-0.2, -0.15) is 0 Å². The van der Waals surface area contributed by atoms with E-state index in [1.807, 2.05) is 30.3 Å². The molecule has 4 heteroatoms. The molecule has 1 aromatic rings. The van der Waals surface area contributed by atoms with Gasteiger partial charge < -0.3 is 14.8 Å². The van der Waals surface area contributed by atoms with Gasteiger partial charge in [-0.05, 0) is 17.9 Å². The number of amides is 1. The lowest BCUT2D eigenvalue weighted by molar-refractivity contribution is 0.0366. The van der Waals surface area contributed by atoms with Gasteiger partial charge in [-0.3, -0.25) is 0 Å². The number of benzene rings is 1. The van der Waals surface area contributed by atoms with Gasteiger partial charge >= 0.3 is 6.09 Å². The minimum Gasteiger partial charge on any atom is -0.445 e. The molecular formula is C14H19NO3. The Hall–Kier alpha value is -1.55. The van der Waals surface area contributed by atoms with Crippen molar-refractivity contribution < 1.29 is 14.3 Å². The molecule has 1 amide bonds. The maximum atomic E-state index is 11.7. The molecular weight excluding hydrogens is 230 g/mol. The molecule has 1 saturated heterocycles. The van der Waals surface area contributed by atoms with Gasteiger partial charge in [0.2, 0.25) is 0 Å². The zero-order chi connectivity index (χ0) is 12.8. The lowest BCUT2D eigenvalue weighted by atomic mass is 9.98. The van der Waals surface area contributed by atoms with Crippen molar-refractivity contribution in [2.45, 2.75) is 26.0 Å². The highest BCUT2D eigenvalue weighted by atomic mass is 16.5. The molecule has 1 N–H and O–H groups in total. The summed E-state index contributed by atoms with van der Waals surface area (Å²) >= 11 is 0. The van der Waals surface area contributed by atoms with Crippen molar-refractivity contribution in [1.29, 1.82) is 0 Å². The van der Waals surface area contributed by atoms with E-state index in [1.165, 1.54) is 0 Å². The topological polar surface area (TPSA) is 47.6 Å². The van der Waals surface area contributed by atoms with Crippen molar-refractivity contribution in [3.05, 3.63) is 35.9 Å². The first-order valence-electron chi connectivity index (χ1n) is 6.30. The molecule has 0 saturated carbocycles. The minimum absolute atomic E-state index is 0.155. The number of ether oxygens (including phenoxy) is 2. The summed E-state index contributed by atoms with van der Waals surface area (Å²) in [5, 5.41) is 2.90. The molecule has 4 nitrogen and oxygen atoms in total. The van der Waals surface area contributed by atoms with Crippen LogP contribution in [0.3, 0.4) is 0 Å². The number of rotatable bonds is 3. The summed E-state index contributed by atoms with van der Waals surface area (Å²) in [7, 11) is 0. The van der Waals surface area contributed by atoms with Crippen LogP contribution in [0.15, 0.2) is 30.3 Å². The second-order valence-electron chi connectivity index (χ2n) is 4.65. The van der Waals surface area contributed by atoms with E-state index in [1.54, 1.807) is 0 Å². The van der Waals surface area contributed by atoms with Crippen molar-refractivity contribution in [3.63, 3.8) is 0 Å². The molecule has 0 spiro atoms. The van der Waals surface area contributed by atoms with Crippen molar-refractivity contribution in [2.75, 3.05) is 13.2 Å². The molecule has 0 bridgehead atoms. The van der Waals surface area contributed by atoms with Crippen LogP contribution in [0.1, 0.15) is 18.9 Å². The fourth-order valence-corrected chi connectivity index (χ4v) is 2.01. The van der Waals surface area contributed by atoms with Crippen LogP contribution < -0.4 is 5.32 Å². The Morgan fingerprint density at radius 2 is 2.22 bits per heavy atom. The van der Waals surface area contributed by atoms with Gasteiger partial charge in [0.05, 0.1) is 6.61 Å². The predicted molar refractivity (Wildman–Crippen MR) is 68.2 cm³/mol. The molecule has 0 radical (unpaired) electrons. The van der Waals surface area contributed by atoms with E-state index >= 15 is 0 Å². The van der Waals surface area contributed by atoms with Gasteiger partial charge in [-0.25, -0.2) is 4.79 Å². The number of hydrogen-bond acceptors (Lipinski definition) is 3. The van der Waals surface area contributed by atoms with Gasteiger partial charge in [-0.1, -0.05) is 37.3 Å². The molecule has 1 heterocycles. The number of hydrogen-bond donors (Lipinski definition) is 1. The number of alkyl carbamates (subject to hydrolysis) is 1. The normalized spacial score (nSPS) is 23.4. The van der Waals surface area contributed by atoms with Crippen molar-refractivity contribution in [1.82, 2.24) is 5.32 Å².